The van der Waals surface area contributed by atoms with E-state index >= 15 is 0 Å². The van der Waals surface area contributed by atoms with Gasteiger partial charge in [-0.25, -0.2) is 9.59 Å². The average Bonchev–Trinajstić information content (AvgIpc) is 3.14. The summed E-state index contributed by atoms with van der Waals surface area (Å²) in [4.78, 5) is 23.0. The lowest BCUT2D eigenvalue weighted by Crippen LogP contribution is -2.36. The van der Waals surface area contributed by atoms with Crippen molar-refractivity contribution in [2.75, 3.05) is 5.32 Å². The van der Waals surface area contributed by atoms with Gasteiger partial charge in [-0.05, 0) is 37.5 Å². The Bertz CT molecular complexity index is 529. The van der Waals surface area contributed by atoms with E-state index in [4.69, 9.17) is 5.11 Å². The molecule has 20 heavy (non-hydrogen) atoms. The standard InChI is InChI=1S/C14H17BrN2O3/c1-8(6-9-2-3-9)16-14(20)17-12-5-4-10(15)7-11(12)13(18)19/h4-5,7-9H,2-3,6H2,1H3,(H,18,19)(H2,16,17,20). The van der Waals surface area contributed by atoms with Gasteiger partial charge in [0.1, 0.15) is 0 Å². The molecule has 0 heterocycles. The first-order chi connectivity index (χ1) is 9.45. The SMILES string of the molecule is CC(CC1CC1)NC(=O)Nc1ccc(Br)cc1C(=O)O. The third kappa shape index (κ3) is 4.23. The first kappa shape index (κ1) is 14.8. The number of urea groups is 1. The van der Waals surface area contributed by atoms with Crippen LogP contribution in [-0.2, 0) is 0 Å². The zero-order valence-corrected chi connectivity index (χ0v) is 12.7. The molecule has 0 saturated heterocycles. The van der Waals surface area contributed by atoms with Crippen molar-refractivity contribution in [1.29, 1.82) is 0 Å². The second kappa shape index (κ2) is 6.26. The summed E-state index contributed by atoms with van der Waals surface area (Å²) < 4.78 is 0.656. The molecule has 1 aromatic carbocycles. The predicted octanol–water partition coefficient (Wildman–Crippen LogP) is 3.46. The summed E-state index contributed by atoms with van der Waals surface area (Å²) in [6.45, 7) is 1.96. The van der Waals surface area contributed by atoms with Gasteiger partial charge in [-0.1, -0.05) is 28.8 Å². The van der Waals surface area contributed by atoms with E-state index < -0.39 is 5.97 Å². The molecule has 2 rings (SSSR count). The number of aromatic carboxylic acids is 1. The maximum absolute atomic E-state index is 11.9. The first-order valence-electron chi connectivity index (χ1n) is 6.56. The van der Waals surface area contributed by atoms with Crippen LogP contribution in [0, 0.1) is 5.92 Å². The average molecular weight is 341 g/mol. The Morgan fingerprint density at radius 2 is 2.15 bits per heavy atom. The Hall–Kier alpha value is -1.56. The smallest absolute Gasteiger partial charge is 0.337 e. The van der Waals surface area contributed by atoms with Crippen molar-refractivity contribution >= 4 is 33.6 Å². The number of carboxylic acids is 1. The van der Waals surface area contributed by atoms with Crippen LogP contribution in [0.4, 0.5) is 10.5 Å². The highest BCUT2D eigenvalue weighted by Gasteiger charge is 2.24. The van der Waals surface area contributed by atoms with Crippen LogP contribution < -0.4 is 10.6 Å². The van der Waals surface area contributed by atoms with Gasteiger partial charge in [-0.15, -0.1) is 0 Å². The summed E-state index contributed by atoms with van der Waals surface area (Å²) in [7, 11) is 0. The number of hydrogen-bond acceptors (Lipinski definition) is 2. The van der Waals surface area contributed by atoms with E-state index in [2.05, 4.69) is 26.6 Å². The number of rotatable bonds is 5. The van der Waals surface area contributed by atoms with Gasteiger partial charge in [0.25, 0.3) is 0 Å². The van der Waals surface area contributed by atoms with Crippen molar-refractivity contribution in [3.63, 3.8) is 0 Å². The molecule has 1 saturated carbocycles. The molecule has 0 aromatic heterocycles. The molecular weight excluding hydrogens is 324 g/mol. The Balaban J connectivity index is 1.97. The molecule has 3 N–H and O–H groups in total. The number of halogens is 1. The van der Waals surface area contributed by atoms with Gasteiger partial charge in [-0.2, -0.15) is 0 Å². The van der Waals surface area contributed by atoms with E-state index in [9.17, 15) is 9.59 Å². The second-order valence-electron chi connectivity index (χ2n) is 5.17. The van der Waals surface area contributed by atoms with Gasteiger partial charge in [0.2, 0.25) is 0 Å². The monoisotopic (exact) mass is 340 g/mol. The van der Waals surface area contributed by atoms with Crippen molar-refractivity contribution in [1.82, 2.24) is 5.32 Å². The van der Waals surface area contributed by atoms with Crippen molar-refractivity contribution in [3.05, 3.63) is 28.2 Å². The van der Waals surface area contributed by atoms with Gasteiger partial charge in [0, 0.05) is 10.5 Å². The summed E-state index contributed by atoms with van der Waals surface area (Å²) in [5.74, 6) is -0.347. The van der Waals surface area contributed by atoms with Crippen molar-refractivity contribution in [2.24, 2.45) is 5.92 Å². The largest absolute Gasteiger partial charge is 0.478 e. The zero-order chi connectivity index (χ0) is 14.7. The van der Waals surface area contributed by atoms with Gasteiger partial charge in [-0.3, -0.25) is 0 Å². The fourth-order valence-electron chi connectivity index (χ4n) is 2.10. The molecular formula is C14H17BrN2O3. The number of carbonyl (C=O) groups excluding carboxylic acids is 1. The summed E-state index contributed by atoms with van der Waals surface area (Å²) in [6.07, 6.45) is 3.45. The third-order valence-electron chi connectivity index (χ3n) is 3.22. The maximum atomic E-state index is 11.9. The van der Waals surface area contributed by atoms with Crippen LogP contribution in [-0.4, -0.2) is 23.1 Å². The topological polar surface area (TPSA) is 78.4 Å². The van der Waals surface area contributed by atoms with Crippen LogP contribution in [0.15, 0.2) is 22.7 Å². The lowest BCUT2D eigenvalue weighted by Gasteiger charge is -2.15. The van der Waals surface area contributed by atoms with Gasteiger partial charge in [0.15, 0.2) is 0 Å². The van der Waals surface area contributed by atoms with Gasteiger partial charge in [0.05, 0.1) is 11.3 Å². The Kier molecular flexibility index (Phi) is 4.65. The number of amides is 2. The van der Waals surface area contributed by atoms with Gasteiger partial charge >= 0.3 is 12.0 Å². The lowest BCUT2D eigenvalue weighted by atomic mass is 10.1. The van der Waals surface area contributed by atoms with Crippen molar-refractivity contribution in [3.8, 4) is 0 Å². The molecule has 5 nitrogen and oxygen atoms in total. The quantitative estimate of drug-likeness (QED) is 0.767. The second-order valence-corrected chi connectivity index (χ2v) is 6.09. The van der Waals surface area contributed by atoms with Gasteiger partial charge < -0.3 is 15.7 Å². The molecule has 108 valence electrons. The van der Waals surface area contributed by atoms with Crippen LogP contribution in [0.2, 0.25) is 0 Å². The molecule has 0 radical (unpaired) electrons. The molecule has 2 amide bonds. The number of carbonyl (C=O) groups is 2. The molecule has 0 spiro atoms. The number of nitrogens with one attached hydrogen (secondary N) is 2. The van der Waals surface area contributed by atoms with E-state index in [1.54, 1.807) is 12.1 Å². The molecule has 1 aliphatic carbocycles. The molecule has 0 aliphatic heterocycles. The number of hydrogen-bond donors (Lipinski definition) is 3. The fourth-order valence-corrected chi connectivity index (χ4v) is 2.46. The fraction of sp³-hybridized carbons (Fsp3) is 0.429. The molecule has 1 aliphatic rings. The van der Waals surface area contributed by atoms with Crippen molar-refractivity contribution in [2.45, 2.75) is 32.2 Å². The van der Waals surface area contributed by atoms with E-state index in [1.807, 2.05) is 6.92 Å². The zero-order valence-electron chi connectivity index (χ0n) is 11.1. The minimum Gasteiger partial charge on any atom is -0.478 e. The van der Waals surface area contributed by atoms with Crippen LogP contribution in [0.3, 0.4) is 0 Å². The number of benzene rings is 1. The Morgan fingerprint density at radius 3 is 2.75 bits per heavy atom. The molecule has 1 unspecified atom stereocenters. The summed E-state index contributed by atoms with van der Waals surface area (Å²) in [6, 6.07) is 4.44. The first-order valence-corrected chi connectivity index (χ1v) is 7.35. The summed E-state index contributed by atoms with van der Waals surface area (Å²) in [5.41, 5.74) is 0.348. The highest BCUT2D eigenvalue weighted by Crippen LogP contribution is 2.33. The maximum Gasteiger partial charge on any atom is 0.337 e. The molecule has 1 aromatic rings. The highest BCUT2D eigenvalue weighted by molar-refractivity contribution is 9.10. The Labute approximate surface area is 125 Å². The van der Waals surface area contributed by atoms with E-state index in [1.165, 1.54) is 18.9 Å². The lowest BCUT2D eigenvalue weighted by molar-refractivity contribution is 0.0698. The van der Waals surface area contributed by atoms with Crippen molar-refractivity contribution < 1.29 is 14.7 Å². The number of carboxylic acid groups (broad SMARTS) is 1. The van der Waals surface area contributed by atoms with E-state index in [-0.39, 0.29) is 23.3 Å². The molecule has 6 heteroatoms. The normalized spacial score (nSPS) is 15.5. The molecule has 1 fully saturated rings. The van der Waals surface area contributed by atoms with Crippen LogP contribution in [0.1, 0.15) is 36.5 Å². The number of anilines is 1. The third-order valence-corrected chi connectivity index (χ3v) is 3.71. The minimum atomic E-state index is -1.08. The van der Waals surface area contributed by atoms with Crippen LogP contribution in [0.25, 0.3) is 0 Å². The van der Waals surface area contributed by atoms with Crippen LogP contribution >= 0.6 is 15.9 Å². The summed E-state index contributed by atoms with van der Waals surface area (Å²) in [5, 5.41) is 14.5. The summed E-state index contributed by atoms with van der Waals surface area (Å²) >= 11 is 3.21. The van der Waals surface area contributed by atoms with Crippen LogP contribution in [0.5, 0.6) is 0 Å². The molecule has 1 atom stereocenters. The predicted molar refractivity (Wildman–Crippen MR) is 80.1 cm³/mol. The van der Waals surface area contributed by atoms with E-state index in [0.717, 1.165) is 12.3 Å². The minimum absolute atomic E-state index is 0.0596. The Morgan fingerprint density at radius 1 is 1.45 bits per heavy atom. The van der Waals surface area contributed by atoms with E-state index in [0.29, 0.717) is 4.47 Å². The highest BCUT2D eigenvalue weighted by atomic mass is 79.9. The molecule has 0 bridgehead atoms.